The van der Waals surface area contributed by atoms with Crippen LogP contribution in [0.25, 0.3) is 10.9 Å². The standard InChI is InChI=1S/C33H37N3O2/c1-24-11-13-25(14-12-24)17-18-34-32(26-8-3-2-4-9-26)33(38)29-23-35-30-22-27(15-16-28(29)30)31(37)10-7-21-36-19-5-6-20-36/h2-4,8-9,11-16,22-23,32,34-35H,5-7,10,17-21H2,1H3/t32-/m0/s1. The van der Waals surface area contributed by atoms with Crippen molar-refractivity contribution in [2.75, 3.05) is 26.2 Å². The van der Waals surface area contributed by atoms with Gasteiger partial charge in [0, 0.05) is 41.2 Å². The first-order valence-corrected chi connectivity index (χ1v) is 13.8. The van der Waals surface area contributed by atoms with Gasteiger partial charge < -0.3 is 15.2 Å². The normalized spacial score (nSPS) is 14.7. The van der Waals surface area contributed by atoms with Gasteiger partial charge >= 0.3 is 0 Å². The number of likely N-dealkylation sites (tertiary alicyclic amines) is 1. The number of ketones is 2. The summed E-state index contributed by atoms with van der Waals surface area (Å²) < 4.78 is 0. The minimum Gasteiger partial charge on any atom is -0.360 e. The first kappa shape index (κ1) is 26.1. The van der Waals surface area contributed by atoms with Crippen LogP contribution in [0.1, 0.15) is 69.1 Å². The van der Waals surface area contributed by atoms with E-state index in [2.05, 4.69) is 46.4 Å². The lowest BCUT2D eigenvalue weighted by atomic mass is 9.96. The summed E-state index contributed by atoms with van der Waals surface area (Å²) in [6.07, 6.45) is 6.60. The van der Waals surface area contributed by atoms with Crippen LogP contribution in [0.4, 0.5) is 0 Å². The minimum absolute atomic E-state index is 0.0241. The van der Waals surface area contributed by atoms with Crippen molar-refractivity contribution < 1.29 is 9.59 Å². The van der Waals surface area contributed by atoms with Crippen molar-refractivity contribution in [3.05, 3.63) is 107 Å². The van der Waals surface area contributed by atoms with Crippen LogP contribution in [0.3, 0.4) is 0 Å². The van der Waals surface area contributed by atoms with Gasteiger partial charge in [-0.2, -0.15) is 0 Å². The third kappa shape index (κ3) is 6.29. The predicted octanol–water partition coefficient (Wildman–Crippen LogP) is 6.29. The van der Waals surface area contributed by atoms with E-state index in [1.807, 2.05) is 48.5 Å². The van der Waals surface area contributed by atoms with Crippen molar-refractivity contribution >= 4 is 22.5 Å². The summed E-state index contributed by atoms with van der Waals surface area (Å²) in [5.74, 6) is 0.185. The smallest absolute Gasteiger partial charge is 0.186 e. The molecule has 1 aromatic heterocycles. The molecule has 1 aliphatic rings. The SMILES string of the molecule is Cc1ccc(CCN[C@H](C(=O)c2c[nH]c3cc(C(=O)CCCN4CCCC4)ccc23)c2ccccc2)cc1. The molecule has 1 atom stereocenters. The van der Waals surface area contributed by atoms with E-state index < -0.39 is 6.04 Å². The maximum absolute atomic E-state index is 13.8. The Hall–Kier alpha value is -3.54. The number of carbonyl (C=O) groups excluding carboxylic acids is 2. The molecule has 0 spiro atoms. The fourth-order valence-corrected chi connectivity index (χ4v) is 5.40. The Balaban J connectivity index is 1.28. The summed E-state index contributed by atoms with van der Waals surface area (Å²) >= 11 is 0. The second kappa shape index (κ2) is 12.3. The van der Waals surface area contributed by atoms with Gasteiger partial charge in [-0.15, -0.1) is 0 Å². The molecule has 0 amide bonds. The highest BCUT2D eigenvalue weighted by Crippen LogP contribution is 2.26. The molecule has 0 radical (unpaired) electrons. The number of carbonyl (C=O) groups is 2. The topological polar surface area (TPSA) is 65.2 Å². The Morgan fingerprint density at radius 3 is 2.50 bits per heavy atom. The number of Topliss-reactive ketones (excluding diaryl/α,β-unsaturated/α-hetero) is 2. The molecule has 5 rings (SSSR count). The third-order valence-corrected chi connectivity index (χ3v) is 7.62. The Kier molecular flexibility index (Phi) is 8.47. The molecule has 5 heteroatoms. The molecular formula is C33H37N3O2. The Morgan fingerprint density at radius 1 is 0.974 bits per heavy atom. The maximum Gasteiger partial charge on any atom is 0.186 e. The first-order chi connectivity index (χ1) is 18.6. The summed E-state index contributed by atoms with van der Waals surface area (Å²) in [5.41, 5.74) is 5.60. The molecule has 0 aliphatic carbocycles. The van der Waals surface area contributed by atoms with E-state index in [0.717, 1.165) is 48.9 Å². The van der Waals surface area contributed by atoms with Crippen LogP contribution in [0.5, 0.6) is 0 Å². The van der Waals surface area contributed by atoms with E-state index in [4.69, 9.17) is 0 Å². The minimum atomic E-state index is -0.451. The number of hydrogen-bond donors (Lipinski definition) is 2. The van der Waals surface area contributed by atoms with Crippen molar-refractivity contribution in [3.8, 4) is 0 Å². The number of nitrogens with one attached hydrogen (secondary N) is 2. The number of fused-ring (bicyclic) bond motifs is 1. The zero-order valence-corrected chi connectivity index (χ0v) is 22.2. The molecule has 5 nitrogen and oxygen atoms in total. The zero-order valence-electron chi connectivity index (χ0n) is 22.2. The highest BCUT2D eigenvalue weighted by atomic mass is 16.1. The molecule has 1 saturated heterocycles. The number of rotatable bonds is 12. The quantitative estimate of drug-likeness (QED) is 0.221. The molecule has 0 bridgehead atoms. The largest absolute Gasteiger partial charge is 0.360 e. The molecule has 2 heterocycles. The van der Waals surface area contributed by atoms with Crippen LogP contribution in [-0.2, 0) is 6.42 Å². The number of aromatic nitrogens is 1. The summed E-state index contributed by atoms with van der Waals surface area (Å²) in [7, 11) is 0. The average molecular weight is 508 g/mol. The molecule has 4 aromatic rings. The molecule has 0 saturated carbocycles. The first-order valence-electron chi connectivity index (χ1n) is 13.8. The summed E-state index contributed by atoms with van der Waals surface area (Å²) in [6, 6.07) is 23.6. The van der Waals surface area contributed by atoms with Crippen LogP contribution in [0, 0.1) is 6.92 Å². The zero-order chi connectivity index (χ0) is 26.3. The van der Waals surface area contributed by atoms with E-state index in [-0.39, 0.29) is 11.6 Å². The van der Waals surface area contributed by atoms with Crippen molar-refractivity contribution in [1.29, 1.82) is 0 Å². The summed E-state index contributed by atoms with van der Waals surface area (Å²) in [6.45, 7) is 6.08. The fourth-order valence-electron chi connectivity index (χ4n) is 5.40. The van der Waals surface area contributed by atoms with Gasteiger partial charge in [-0.1, -0.05) is 72.3 Å². The van der Waals surface area contributed by atoms with E-state index in [1.54, 1.807) is 6.20 Å². The van der Waals surface area contributed by atoms with Crippen molar-refractivity contribution in [2.45, 2.75) is 45.1 Å². The average Bonchev–Trinajstić information content (AvgIpc) is 3.62. The second-order valence-electron chi connectivity index (χ2n) is 10.4. The molecule has 1 fully saturated rings. The summed E-state index contributed by atoms with van der Waals surface area (Å²) in [5, 5.41) is 4.36. The summed E-state index contributed by atoms with van der Waals surface area (Å²) in [4.78, 5) is 32.4. The fraction of sp³-hybridized carbons (Fsp3) is 0.333. The van der Waals surface area contributed by atoms with Gasteiger partial charge in [0.05, 0.1) is 6.04 Å². The highest BCUT2D eigenvalue weighted by Gasteiger charge is 2.24. The van der Waals surface area contributed by atoms with Crippen LogP contribution < -0.4 is 5.32 Å². The van der Waals surface area contributed by atoms with Crippen LogP contribution >= 0.6 is 0 Å². The highest BCUT2D eigenvalue weighted by molar-refractivity contribution is 6.11. The van der Waals surface area contributed by atoms with E-state index in [9.17, 15) is 9.59 Å². The lowest BCUT2D eigenvalue weighted by Crippen LogP contribution is -2.30. The molecular weight excluding hydrogens is 470 g/mol. The predicted molar refractivity (Wildman–Crippen MR) is 154 cm³/mol. The Morgan fingerprint density at radius 2 is 1.74 bits per heavy atom. The Bertz CT molecular complexity index is 1370. The molecule has 3 aromatic carbocycles. The number of nitrogens with zero attached hydrogens (tertiary/aromatic N) is 1. The van der Waals surface area contributed by atoms with Gasteiger partial charge in [-0.25, -0.2) is 0 Å². The lowest BCUT2D eigenvalue weighted by Gasteiger charge is -2.18. The van der Waals surface area contributed by atoms with Crippen molar-refractivity contribution in [1.82, 2.24) is 15.2 Å². The van der Waals surface area contributed by atoms with Crippen molar-refractivity contribution in [2.24, 2.45) is 0 Å². The monoisotopic (exact) mass is 507 g/mol. The Labute approximate surface area is 225 Å². The van der Waals surface area contributed by atoms with E-state index >= 15 is 0 Å². The van der Waals surface area contributed by atoms with Crippen LogP contribution in [0.2, 0.25) is 0 Å². The van der Waals surface area contributed by atoms with Gasteiger partial charge in [0.15, 0.2) is 11.6 Å². The second-order valence-corrected chi connectivity index (χ2v) is 10.4. The van der Waals surface area contributed by atoms with Gasteiger partial charge in [0.1, 0.15) is 0 Å². The van der Waals surface area contributed by atoms with Crippen LogP contribution in [-0.4, -0.2) is 47.6 Å². The maximum atomic E-state index is 13.8. The molecule has 1 aliphatic heterocycles. The number of benzene rings is 3. The number of H-pyrrole nitrogens is 1. The number of aromatic amines is 1. The van der Waals surface area contributed by atoms with Crippen LogP contribution in [0.15, 0.2) is 79.0 Å². The molecule has 0 unspecified atom stereocenters. The number of aryl methyl sites for hydroxylation is 1. The van der Waals surface area contributed by atoms with Gasteiger partial charge in [-0.05, 0) is 69.4 Å². The van der Waals surface area contributed by atoms with Gasteiger partial charge in [0.25, 0.3) is 0 Å². The van der Waals surface area contributed by atoms with Gasteiger partial charge in [-0.3, -0.25) is 9.59 Å². The molecule has 2 N–H and O–H groups in total. The lowest BCUT2D eigenvalue weighted by molar-refractivity contribution is 0.0943. The molecule has 196 valence electrons. The van der Waals surface area contributed by atoms with Crippen molar-refractivity contribution in [3.63, 3.8) is 0 Å². The molecule has 38 heavy (non-hydrogen) atoms. The van der Waals surface area contributed by atoms with E-state index in [0.29, 0.717) is 24.1 Å². The number of hydrogen-bond acceptors (Lipinski definition) is 4. The van der Waals surface area contributed by atoms with Gasteiger partial charge in [0.2, 0.25) is 0 Å². The third-order valence-electron chi connectivity index (χ3n) is 7.62. The van der Waals surface area contributed by atoms with E-state index in [1.165, 1.54) is 24.0 Å².